The monoisotopic (exact) mass is 469 g/mol. The number of anilines is 1. The number of rotatable bonds is 3. The van der Waals surface area contributed by atoms with Crippen LogP contribution < -0.4 is 14.4 Å². The number of benzene rings is 2. The summed E-state index contributed by atoms with van der Waals surface area (Å²) < 4.78 is 63.4. The largest absolute Gasteiger partial charge is 0.507 e. The molecule has 0 spiro atoms. The van der Waals surface area contributed by atoms with E-state index in [2.05, 4.69) is 14.6 Å². The zero-order valence-corrected chi connectivity index (χ0v) is 17.8. The van der Waals surface area contributed by atoms with Crippen LogP contribution in [0.4, 0.5) is 23.2 Å². The highest BCUT2D eigenvalue weighted by atomic mass is 35.5. The SMILES string of the molecule is Cc1nn(-c2cccc(C(=O)N(C)c3ccc4c(c3)OC(F)(F)C(F)(F)O4)c2)c(C)c1Cl. The second-order valence-electron chi connectivity index (χ2n) is 7.18. The summed E-state index contributed by atoms with van der Waals surface area (Å²) in [7, 11) is 1.41. The molecule has 2 aromatic carbocycles. The molecule has 1 amide bonds. The van der Waals surface area contributed by atoms with Gasteiger partial charge in [0, 0.05) is 24.4 Å². The standard InChI is InChI=1S/C21H16ClF4N3O3/c1-11-18(22)12(2)29(27-11)15-6-4-5-13(9-15)19(30)28(3)14-7-8-16-17(10-14)32-21(25,26)20(23,24)31-16/h4-10H,1-3H3. The molecular formula is C21H16ClF4N3O3. The lowest BCUT2D eigenvalue weighted by Crippen LogP contribution is -2.52. The predicted molar refractivity (Wildman–Crippen MR) is 108 cm³/mol. The minimum Gasteiger partial charge on any atom is -0.421 e. The highest BCUT2D eigenvalue weighted by molar-refractivity contribution is 6.31. The molecule has 1 aromatic heterocycles. The van der Waals surface area contributed by atoms with E-state index in [0.717, 1.165) is 12.1 Å². The van der Waals surface area contributed by atoms with Crippen molar-refractivity contribution in [3.8, 4) is 17.2 Å². The number of amides is 1. The fraction of sp³-hybridized carbons (Fsp3) is 0.238. The van der Waals surface area contributed by atoms with Gasteiger partial charge in [-0.05, 0) is 44.2 Å². The van der Waals surface area contributed by atoms with Crippen LogP contribution in [0.15, 0.2) is 42.5 Å². The Morgan fingerprint density at radius 1 is 1.03 bits per heavy atom. The summed E-state index contributed by atoms with van der Waals surface area (Å²) in [5.74, 6) is -1.65. The Hall–Kier alpha value is -3.27. The molecule has 0 saturated heterocycles. The lowest BCUT2D eigenvalue weighted by atomic mass is 10.1. The summed E-state index contributed by atoms with van der Waals surface area (Å²) >= 11 is 6.20. The van der Waals surface area contributed by atoms with Crippen LogP contribution in [0, 0.1) is 13.8 Å². The van der Waals surface area contributed by atoms with E-state index in [1.54, 1.807) is 42.8 Å². The van der Waals surface area contributed by atoms with Gasteiger partial charge in [-0.2, -0.15) is 22.7 Å². The first-order valence-corrected chi connectivity index (χ1v) is 9.67. The normalized spacial score (nSPS) is 16.0. The first kappa shape index (κ1) is 21.9. The van der Waals surface area contributed by atoms with Crippen LogP contribution in [0.2, 0.25) is 5.02 Å². The summed E-state index contributed by atoms with van der Waals surface area (Å²) in [6.45, 7) is 3.55. The number of nitrogens with zero attached hydrogens (tertiary/aromatic N) is 3. The molecule has 3 aromatic rings. The number of fused-ring (bicyclic) bond motifs is 1. The quantitative estimate of drug-likeness (QED) is 0.484. The van der Waals surface area contributed by atoms with Gasteiger partial charge >= 0.3 is 12.2 Å². The number of hydrogen-bond acceptors (Lipinski definition) is 4. The van der Waals surface area contributed by atoms with Crippen LogP contribution in [0.25, 0.3) is 5.69 Å². The third-order valence-electron chi connectivity index (χ3n) is 4.98. The zero-order valence-electron chi connectivity index (χ0n) is 17.0. The number of aryl methyl sites for hydroxylation is 1. The summed E-state index contributed by atoms with van der Waals surface area (Å²) in [6, 6.07) is 9.92. The van der Waals surface area contributed by atoms with Gasteiger partial charge in [0.15, 0.2) is 11.5 Å². The van der Waals surface area contributed by atoms with Gasteiger partial charge in [0.05, 0.1) is 22.1 Å². The number of ether oxygens (including phenoxy) is 2. The first-order chi connectivity index (χ1) is 14.9. The topological polar surface area (TPSA) is 56.6 Å². The molecule has 11 heteroatoms. The molecule has 0 radical (unpaired) electrons. The molecule has 0 aliphatic carbocycles. The first-order valence-electron chi connectivity index (χ1n) is 9.29. The molecule has 4 rings (SSSR count). The van der Waals surface area contributed by atoms with Crippen molar-refractivity contribution in [2.45, 2.75) is 26.1 Å². The van der Waals surface area contributed by atoms with E-state index >= 15 is 0 Å². The lowest BCUT2D eigenvalue weighted by Gasteiger charge is -2.32. The maximum atomic E-state index is 13.5. The van der Waals surface area contributed by atoms with Gasteiger partial charge in [0.2, 0.25) is 0 Å². The van der Waals surface area contributed by atoms with Crippen molar-refractivity contribution in [1.29, 1.82) is 0 Å². The van der Waals surface area contributed by atoms with Crippen LogP contribution in [0.5, 0.6) is 11.5 Å². The number of carbonyl (C=O) groups excluding carboxylic acids is 1. The number of aromatic nitrogens is 2. The van der Waals surface area contributed by atoms with Gasteiger partial charge in [-0.25, -0.2) is 4.68 Å². The molecule has 1 aliphatic heterocycles. The smallest absolute Gasteiger partial charge is 0.421 e. The molecule has 0 atom stereocenters. The predicted octanol–water partition coefficient (Wildman–Crippen LogP) is 5.38. The fourth-order valence-electron chi connectivity index (χ4n) is 3.22. The average molecular weight is 470 g/mol. The Kier molecular flexibility index (Phi) is 5.08. The van der Waals surface area contributed by atoms with E-state index in [1.807, 2.05) is 0 Å². The average Bonchev–Trinajstić information content (AvgIpc) is 3.00. The van der Waals surface area contributed by atoms with Gasteiger partial charge < -0.3 is 14.4 Å². The molecular weight excluding hydrogens is 454 g/mol. The fourth-order valence-corrected chi connectivity index (χ4v) is 3.34. The highest BCUT2D eigenvalue weighted by Crippen LogP contribution is 2.47. The van der Waals surface area contributed by atoms with Gasteiger partial charge in [-0.3, -0.25) is 4.79 Å². The van der Waals surface area contributed by atoms with Crippen molar-refractivity contribution in [3.05, 3.63) is 64.4 Å². The Balaban J connectivity index is 1.63. The van der Waals surface area contributed by atoms with Gasteiger partial charge in [0.25, 0.3) is 5.91 Å². The van der Waals surface area contributed by atoms with Crippen LogP contribution in [0.3, 0.4) is 0 Å². The van der Waals surface area contributed by atoms with Crippen LogP contribution in [-0.2, 0) is 0 Å². The molecule has 2 heterocycles. The van der Waals surface area contributed by atoms with Crippen LogP contribution >= 0.6 is 11.6 Å². The molecule has 0 N–H and O–H groups in total. The molecule has 32 heavy (non-hydrogen) atoms. The summed E-state index contributed by atoms with van der Waals surface area (Å²) in [5, 5.41) is 4.87. The maximum absolute atomic E-state index is 13.5. The van der Waals surface area contributed by atoms with Crippen molar-refractivity contribution < 1.29 is 31.8 Å². The minimum atomic E-state index is -4.85. The van der Waals surface area contributed by atoms with E-state index in [9.17, 15) is 22.4 Å². The van der Waals surface area contributed by atoms with Crippen molar-refractivity contribution in [2.24, 2.45) is 0 Å². The molecule has 0 unspecified atom stereocenters. The highest BCUT2D eigenvalue weighted by Gasteiger charge is 2.65. The molecule has 0 bridgehead atoms. The van der Waals surface area contributed by atoms with E-state index < -0.39 is 29.6 Å². The van der Waals surface area contributed by atoms with E-state index in [0.29, 0.717) is 22.1 Å². The van der Waals surface area contributed by atoms with Crippen molar-refractivity contribution in [3.63, 3.8) is 0 Å². The van der Waals surface area contributed by atoms with Crippen molar-refractivity contribution >= 4 is 23.2 Å². The molecule has 0 saturated carbocycles. The number of carbonyl (C=O) groups is 1. The minimum absolute atomic E-state index is 0.137. The van der Waals surface area contributed by atoms with E-state index in [4.69, 9.17) is 11.6 Å². The van der Waals surface area contributed by atoms with E-state index in [-0.39, 0.29) is 11.3 Å². The summed E-state index contributed by atoms with van der Waals surface area (Å²) in [5.41, 5.74) is 2.35. The number of alkyl halides is 4. The Morgan fingerprint density at radius 2 is 1.69 bits per heavy atom. The zero-order chi connectivity index (χ0) is 23.4. The lowest BCUT2D eigenvalue weighted by molar-refractivity contribution is -0.391. The van der Waals surface area contributed by atoms with Crippen LogP contribution in [0.1, 0.15) is 21.7 Å². The third kappa shape index (κ3) is 3.54. The van der Waals surface area contributed by atoms with Gasteiger partial charge in [0.1, 0.15) is 0 Å². The molecule has 1 aliphatic rings. The number of halogens is 5. The van der Waals surface area contributed by atoms with Crippen LogP contribution in [-0.4, -0.2) is 35.0 Å². The Bertz CT molecular complexity index is 1230. The van der Waals surface area contributed by atoms with Crippen molar-refractivity contribution in [2.75, 3.05) is 11.9 Å². The van der Waals surface area contributed by atoms with Gasteiger partial charge in [-0.15, -0.1) is 0 Å². The second kappa shape index (κ2) is 7.40. The Morgan fingerprint density at radius 3 is 2.31 bits per heavy atom. The summed E-state index contributed by atoms with van der Waals surface area (Å²) in [4.78, 5) is 14.2. The van der Waals surface area contributed by atoms with E-state index in [1.165, 1.54) is 18.0 Å². The second-order valence-corrected chi connectivity index (χ2v) is 7.56. The molecule has 0 fully saturated rings. The third-order valence-corrected chi connectivity index (χ3v) is 5.52. The number of hydrogen-bond donors (Lipinski definition) is 0. The van der Waals surface area contributed by atoms with Crippen molar-refractivity contribution in [1.82, 2.24) is 9.78 Å². The molecule has 6 nitrogen and oxygen atoms in total. The Labute approximate surface area is 184 Å². The summed E-state index contributed by atoms with van der Waals surface area (Å²) in [6.07, 6.45) is -9.66. The molecule has 168 valence electrons. The maximum Gasteiger partial charge on any atom is 0.507 e. The van der Waals surface area contributed by atoms with Gasteiger partial charge in [-0.1, -0.05) is 17.7 Å².